The number of aromatic carboxylic acids is 1. The molecule has 0 radical (unpaired) electrons. The summed E-state index contributed by atoms with van der Waals surface area (Å²) in [5.41, 5.74) is 0.234. The van der Waals surface area contributed by atoms with Gasteiger partial charge in [-0.1, -0.05) is 0 Å². The number of pyridine rings is 1. The van der Waals surface area contributed by atoms with Crippen molar-refractivity contribution in [1.29, 1.82) is 0 Å². The van der Waals surface area contributed by atoms with Gasteiger partial charge in [0.1, 0.15) is 0 Å². The Bertz CT molecular complexity index is 430. The van der Waals surface area contributed by atoms with Gasteiger partial charge in [0.25, 0.3) is 0 Å². The van der Waals surface area contributed by atoms with Crippen molar-refractivity contribution in [2.45, 2.75) is 13.5 Å². The van der Waals surface area contributed by atoms with Crippen LogP contribution in [0.1, 0.15) is 33.3 Å². The zero-order valence-electron chi connectivity index (χ0n) is 9.60. The molecule has 0 aliphatic carbocycles. The summed E-state index contributed by atoms with van der Waals surface area (Å²) in [4.78, 5) is 26.2. The summed E-state index contributed by atoms with van der Waals surface area (Å²) in [5, 5.41) is 8.90. The minimum absolute atomic E-state index is 0.0612. The number of esters is 1. The van der Waals surface area contributed by atoms with E-state index < -0.39 is 11.9 Å². The normalized spacial score (nSPS) is 10.0. The molecule has 6 nitrogen and oxygen atoms in total. The molecule has 92 valence electrons. The van der Waals surface area contributed by atoms with Crippen molar-refractivity contribution in [3.05, 3.63) is 29.1 Å². The number of rotatable bonds is 5. The van der Waals surface area contributed by atoms with Crippen LogP contribution < -0.4 is 0 Å². The van der Waals surface area contributed by atoms with E-state index in [1.54, 1.807) is 6.92 Å². The largest absolute Gasteiger partial charge is 0.476 e. The lowest BCUT2D eigenvalue weighted by Gasteiger charge is -2.07. The summed E-state index contributed by atoms with van der Waals surface area (Å²) in [5.74, 6) is -1.97. The number of carbonyl (C=O) groups is 2. The molecule has 0 saturated carbocycles. The van der Waals surface area contributed by atoms with Gasteiger partial charge in [-0.3, -0.25) is 0 Å². The molecular formula is C11H13NO5. The van der Waals surface area contributed by atoms with E-state index in [0.717, 1.165) is 0 Å². The van der Waals surface area contributed by atoms with E-state index in [0.29, 0.717) is 5.56 Å². The topological polar surface area (TPSA) is 85.7 Å². The number of carboxylic acids is 1. The Morgan fingerprint density at radius 3 is 2.71 bits per heavy atom. The maximum atomic E-state index is 11.6. The SMILES string of the molecule is CCOC(=O)c1cc(COC)cnc1C(=O)O. The Hall–Kier alpha value is -1.95. The first-order valence-electron chi connectivity index (χ1n) is 4.98. The molecule has 1 heterocycles. The van der Waals surface area contributed by atoms with Crippen LogP contribution in [0.5, 0.6) is 0 Å². The number of ether oxygens (including phenoxy) is 2. The van der Waals surface area contributed by atoms with Crippen LogP contribution in [-0.4, -0.2) is 35.7 Å². The molecule has 1 aromatic rings. The number of hydrogen-bond acceptors (Lipinski definition) is 5. The summed E-state index contributed by atoms with van der Waals surface area (Å²) >= 11 is 0. The molecule has 17 heavy (non-hydrogen) atoms. The number of carboxylic acid groups (broad SMARTS) is 1. The Morgan fingerprint density at radius 1 is 1.47 bits per heavy atom. The van der Waals surface area contributed by atoms with Crippen molar-refractivity contribution in [3.63, 3.8) is 0 Å². The molecule has 0 saturated heterocycles. The second-order valence-corrected chi connectivity index (χ2v) is 3.20. The van der Waals surface area contributed by atoms with Crippen LogP contribution in [0.25, 0.3) is 0 Å². The van der Waals surface area contributed by atoms with Gasteiger partial charge in [0, 0.05) is 13.3 Å². The summed E-state index contributed by atoms with van der Waals surface area (Å²) in [7, 11) is 1.50. The van der Waals surface area contributed by atoms with Gasteiger partial charge < -0.3 is 14.6 Å². The molecule has 0 atom stereocenters. The highest BCUT2D eigenvalue weighted by Crippen LogP contribution is 2.11. The third-order valence-corrected chi connectivity index (χ3v) is 1.95. The van der Waals surface area contributed by atoms with E-state index in [9.17, 15) is 9.59 Å². The van der Waals surface area contributed by atoms with E-state index in [2.05, 4.69) is 4.98 Å². The van der Waals surface area contributed by atoms with Crippen molar-refractivity contribution in [1.82, 2.24) is 4.98 Å². The quantitative estimate of drug-likeness (QED) is 0.774. The van der Waals surface area contributed by atoms with Crippen LogP contribution in [-0.2, 0) is 16.1 Å². The summed E-state index contributed by atoms with van der Waals surface area (Å²) in [6.07, 6.45) is 1.36. The Kier molecular flexibility index (Phi) is 4.59. The average molecular weight is 239 g/mol. The van der Waals surface area contributed by atoms with Gasteiger partial charge in [-0.2, -0.15) is 0 Å². The number of methoxy groups -OCH3 is 1. The molecular weight excluding hydrogens is 226 g/mol. The first kappa shape index (κ1) is 13.1. The highest BCUT2D eigenvalue weighted by molar-refractivity contribution is 6.01. The second kappa shape index (κ2) is 5.95. The van der Waals surface area contributed by atoms with Crippen LogP contribution in [0.3, 0.4) is 0 Å². The Labute approximate surface area is 98.2 Å². The van der Waals surface area contributed by atoms with Gasteiger partial charge in [-0.05, 0) is 18.6 Å². The fourth-order valence-electron chi connectivity index (χ4n) is 1.29. The van der Waals surface area contributed by atoms with Crippen LogP contribution >= 0.6 is 0 Å². The number of nitrogens with zero attached hydrogens (tertiary/aromatic N) is 1. The molecule has 0 bridgehead atoms. The molecule has 1 aromatic heterocycles. The van der Waals surface area contributed by atoms with Gasteiger partial charge in [0.05, 0.1) is 18.8 Å². The molecule has 0 amide bonds. The average Bonchev–Trinajstić information content (AvgIpc) is 2.29. The maximum Gasteiger partial charge on any atom is 0.355 e. The van der Waals surface area contributed by atoms with Gasteiger partial charge in [0.15, 0.2) is 5.69 Å². The van der Waals surface area contributed by atoms with Crippen molar-refractivity contribution in [3.8, 4) is 0 Å². The Balaban J connectivity index is 3.15. The summed E-state index contributed by atoms with van der Waals surface area (Å²) in [6.45, 7) is 2.07. The predicted molar refractivity (Wildman–Crippen MR) is 57.9 cm³/mol. The molecule has 0 spiro atoms. The van der Waals surface area contributed by atoms with E-state index in [4.69, 9.17) is 14.6 Å². The smallest absolute Gasteiger partial charge is 0.355 e. The lowest BCUT2D eigenvalue weighted by atomic mass is 10.1. The molecule has 6 heteroatoms. The summed E-state index contributed by atoms with van der Waals surface area (Å²) < 4.78 is 9.65. The zero-order chi connectivity index (χ0) is 12.8. The molecule has 1 N–H and O–H groups in total. The van der Waals surface area contributed by atoms with Crippen molar-refractivity contribution in [2.24, 2.45) is 0 Å². The van der Waals surface area contributed by atoms with Crippen LogP contribution in [0, 0.1) is 0 Å². The Morgan fingerprint density at radius 2 is 2.18 bits per heavy atom. The summed E-state index contributed by atoms with van der Waals surface area (Å²) in [6, 6.07) is 1.41. The lowest BCUT2D eigenvalue weighted by molar-refractivity contribution is 0.0512. The third kappa shape index (κ3) is 3.25. The fraction of sp³-hybridized carbons (Fsp3) is 0.364. The standard InChI is InChI=1S/C11H13NO5/c1-3-17-11(15)8-4-7(6-16-2)5-12-9(8)10(13)14/h4-5H,3,6H2,1-2H3,(H,13,14). The first-order chi connectivity index (χ1) is 8.10. The monoisotopic (exact) mass is 239 g/mol. The van der Waals surface area contributed by atoms with Crippen molar-refractivity contribution >= 4 is 11.9 Å². The molecule has 0 unspecified atom stereocenters. The first-order valence-corrected chi connectivity index (χ1v) is 4.98. The van der Waals surface area contributed by atoms with Gasteiger partial charge in [0.2, 0.25) is 0 Å². The number of carbonyl (C=O) groups excluding carboxylic acids is 1. The van der Waals surface area contributed by atoms with E-state index >= 15 is 0 Å². The van der Waals surface area contributed by atoms with E-state index in [1.807, 2.05) is 0 Å². The molecule has 0 fully saturated rings. The molecule has 1 rings (SSSR count). The van der Waals surface area contributed by atoms with Crippen LogP contribution in [0.2, 0.25) is 0 Å². The predicted octanol–water partition coefficient (Wildman–Crippen LogP) is 1.10. The van der Waals surface area contributed by atoms with Gasteiger partial charge in [-0.25, -0.2) is 14.6 Å². The maximum absolute atomic E-state index is 11.6. The van der Waals surface area contributed by atoms with Gasteiger partial charge >= 0.3 is 11.9 Å². The van der Waals surface area contributed by atoms with Crippen LogP contribution in [0.4, 0.5) is 0 Å². The highest BCUT2D eigenvalue weighted by Gasteiger charge is 2.19. The van der Waals surface area contributed by atoms with Crippen LogP contribution in [0.15, 0.2) is 12.3 Å². The molecule has 0 aliphatic rings. The van der Waals surface area contributed by atoms with E-state index in [-0.39, 0.29) is 24.5 Å². The third-order valence-electron chi connectivity index (χ3n) is 1.95. The van der Waals surface area contributed by atoms with Gasteiger partial charge in [-0.15, -0.1) is 0 Å². The fourth-order valence-corrected chi connectivity index (χ4v) is 1.29. The minimum atomic E-state index is -1.27. The zero-order valence-corrected chi connectivity index (χ0v) is 9.60. The van der Waals surface area contributed by atoms with E-state index in [1.165, 1.54) is 19.4 Å². The second-order valence-electron chi connectivity index (χ2n) is 3.20. The molecule has 0 aliphatic heterocycles. The minimum Gasteiger partial charge on any atom is -0.476 e. The lowest BCUT2D eigenvalue weighted by Crippen LogP contribution is -2.14. The van der Waals surface area contributed by atoms with Crippen molar-refractivity contribution in [2.75, 3.05) is 13.7 Å². The molecule has 0 aromatic carbocycles. The number of aromatic nitrogens is 1. The number of hydrogen-bond donors (Lipinski definition) is 1. The highest BCUT2D eigenvalue weighted by atomic mass is 16.5. The van der Waals surface area contributed by atoms with Crippen molar-refractivity contribution < 1.29 is 24.2 Å².